The van der Waals surface area contributed by atoms with Crippen LogP contribution in [-0.2, 0) is 23.0 Å². The summed E-state index contributed by atoms with van der Waals surface area (Å²) in [6.45, 7) is 3.73. The van der Waals surface area contributed by atoms with Gasteiger partial charge in [0.1, 0.15) is 5.56 Å². The second-order valence-corrected chi connectivity index (χ2v) is 5.31. The van der Waals surface area contributed by atoms with Crippen LogP contribution in [0.4, 0.5) is 5.69 Å². The van der Waals surface area contributed by atoms with Crippen molar-refractivity contribution < 1.29 is 19.2 Å². The molecule has 1 aromatic carbocycles. The zero-order chi connectivity index (χ0) is 17.9. The number of nitro groups is 1. The van der Waals surface area contributed by atoms with Gasteiger partial charge in [0.05, 0.1) is 23.6 Å². The first-order valence-electron chi connectivity index (χ1n) is 7.45. The van der Waals surface area contributed by atoms with Crippen molar-refractivity contribution in [3.05, 3.63) is 63.0 Å². The number of rotatable bonds is 6. The molecule has 7 nitrogen and oxygen atoms in total. The van der Waals surface area contributed by atoms with Crippen molar-refractivity contribution in [2.75, 3.05) is 6.61 Å². The highest BCUT2D eigenvalue weighted by Gasteiger charge is 2.25. The molecule has 24 heavy (non-hydrogen) atoms. The number of carbonyl (C=O) groups excluding carboxylic acids is 2. The van der Waals surface area contributed by atoms with Gasteiger partial charge >= 0.3 is 5.97 Å². The summed E-state index contributed by atoms with van der Waals surface area (Å²) >= 11 is 0. The number of aryl methyl sites for hydroxylation is 1. The number of benzene rings is 1. The molecule has 0 unspecified atom stereocenters. The van der Waals surface area contributed by atoms with E-state index in [0.29, 0.717) is 17.0 Å². The number of hydrogen-bond acceptors (Lipinski definition) is 5. The summed E-state index contributed by atoms with van der Waals surface area (Å²) in [6, 6.07) is 7.54. The summed E-state index contributed by atoms with van der Waals surface area (Å²) < 4.78 is 6.51. The van der Waals surface area contributed by atoms with Crippen LogP contribution in [0.1, 0.15) is 34.2 Å². The second kappa shape index (κ2) is 7.08. The highest BCUT2D eigenvalue weighted by atomic mass is 16.6. The van der Waals surface area contributed by atoms with E-state index >= 15 is 0 Å². The van der Waals surface area contributed by atoms with E-state index < -0.39 is 10.7 Å². The van der Waals surface area contributed by atoms with Crippen LogP contribution < -0.4 is 0 Å². The van der Waals surface area contributed by atoms with Crippen molar-refractivity contribution in [1.29, 1.82) is 0 Å². The van der Waals surface area contributed by atoms with Crippen molar-refractivity contribution in [3.63, 3.8) is 0 Å². The van der Waals surface area contributed by atoms with Gasteiger partial charge in [-0.1, -0.05) is 12.1 Å². The Morgan fingerprint density at radius 2 is 1.96 bits per heavy atom. The average Bonchev–Trinajstić information content (AvgIpc) is 2.81. The summed E-state index contributed by atoms with van der Waals surface area (Å²) in [4.78, 5) is 35.0. The van der Waals surface area contributed by atoms with Crippen LogP contribution in [-0.4, -0.2) is 27.8 Å². The fourth-order valence-corrected chi connectivity index (χ4v) is 2.64. The fourth-order valence-electron chi connectivity index (χ4n) is 2.64. The smallest absolute Gasteiger partial charge is 0.311 e. The Labute approximate surface area is 139 Å². The molecule has 0 aliphatic heterocycles. The SMILES string of the molecule is CCOC(=O)Cc1cc(C)c(C(=O)c2ccccc2[N+](=O)[O-])n1C. The van der Waals surface area contributed by atoms with Gasteiger partial charge in [0.2, 0.25) is 5.78 Å². The van der Waals surface area contributed by atoms with Gasteiger partial charge in [-0.2, -0.15) is 0 Å². The number of ether oxygens (including phenoxy) is 1. The number of hydrogen-bond donors (Lipinski definition) is 0. The van der Waals surface area contributed by atoms with Crippen molar-refractivity contribution >= 4 is 17.4 Å². The molecule has 0 radical (unpaired) electrons. The maximum Gasteiger partial charge on any atom is 0.311 e. The maximum atomic E-state index is 12.8. The first kappa shape index (κ1) is 17.4. The second-order valence-electron chi connectivity index (χ2n) is 5.31. The Morgan fingerprint density at radius 3 is 2.58 bits per heavy atom. The highest BCUT2D eigenvalue weighted by Crippen LogP contribution is 2.24. The Morgan fingerprint density at radius 1 is 1.29 bits per heavy atom. The minimum atomic E-state index is -0.578. The molecule has 0 aliphatic carbocycles. The Kier molecular flexibility index (Phi) is 5.13. The molecule has 0 N–H and O–H groups in total. The van der Waals surface area contributed by atoms with Gasteiger partial charge in [0.15, 0.2) is 0 Å². The predicted molar refractivity (Wildman–Crippen MR) is 87.0 cm³/mol. The van der Waals surface area contributed by atoms with Crippen LogP contribution in [0.15, 0.2) is 30.3 Å². The van der Waals surface area contributed by atoms with Crippen molar-refractivity contribution in [2.45, 2.75) is 20.3 Å². The van der Waals surface area contributed by atoms with Crippen LogP contribution in [0.5, 0.6) is 0 Å². The average molecular weight is 330 g/mol. The lowest BCUT2D eigenvalue weighted by molar-refractivity contribution is -0.385. The molecule has 0 bridgehead atoms. The largest absolute Gasteiger partial charge is 0.466 e. The van der Waals surface area contributed by atoms with E-state index in [1.807, 2.05) is 0 Å². The van der Waals surface area contributed by atoms with Gasteiger partial charge < -0.3 is 9.30 Å². The third kappa shape index (κ3) is 3.34. The Bertz CT molecular complexity index is 807. The number of aromatic nitrogens is 1. The molecule has 126 valence electrons. The lowest BCUT2D eigenvalue weighted by Crippen LogP contribution is -2.14. The molecular weight excluding hydrogens is 312 g/mol. The van der Waals surface area contributed by atoms with Gasteiger partial charge in [-0.15, -0.1) is 0 Å². The fraction of sp³-hybridized carbons (Fsp3) is 0.294. The third-order valence-electron chi connectivity index (χ3n) is 3.71. The standard InChI is InChI=1S/C17H18N2O5/c1-4-24-15(20)10-12-9-11(2)16(18(12)3)17(21)13-7-5-6-8-14(13)19(22)23/h5-9H,4,10H2,1-3H3. The van der Waals surface area contributed by atoms with Gasteiger partial charge in [-0.25, -0.2) is 0 Å². The number of ketones is 1. The highest BCUT2D eigenvalue weighted by molar-refractivity contribution is 6.11. The summed E-state index contributed by atoms with van der Waals surface area (Å²) in [7, 11) is 1.66. The number of para-hydroxylation sites is 1. The Balaban J connectivity index is 2.43. The summed E-state index contributed by atoms with van der Waals surface area (Å²) in [5, 5.41) is 11.1. The zero-order valence-electron chi connectivity index (χ0n) is 13.7. The first-order chi connectivity index (χ1) is 11.4. The van der Waals surface area contributed by atoms with Crippen LogP contribution in [0.3, 0.4) is 0 Å². The molecule has 1 aromatic heterocycles. The summed E-state index contributed by atoms with van der Waals surface area (Å²) in [6.07, 6.45) is 0.0370. The topological polar surface area (TPSA) is 91.4 Å². The van der Waals surface area contributed by atoms with Gasteiger partial charge in [-0.3, -0.25) is 19.7 Å². The number of nitro benzene ring substituents is 1. The van der Waals surface area contributed by atoms with Crippen LogP contribution >= 0.6 is 0 Å². The van der Waals surface area contributed by atoms with Crippen molar-refractivity contribution in [2.24, 2.45) is 7.05 Å². The number of esters is 1. The molecule has 2 aromatic rings. The van der Waals surface area contributed by atoms with Crippen LogP contribution in [0.25, 0.3) is 0 Å². The number of nitrogens with zero attached hydrogens (tertiary/aromatic N) is 2. The minimum absolute atomic E-state index is 0.0227. The van der Waals surface area contributed by atoms with Crippen LogP contribution in [0.2, 0.25) is 0 Å². The molecule has 0 saturated carbocycles. The van der Waals surface area contributed by atoms with E-state index in [-0.39, 0.29) is 30.2 Å². The molecule has 0 amide bonds. The lowest BCUT2D eigenvalue weighted by Gasteiger charge is -2.08. The maximum absolute atomic E-state index is 12.8. The van der Waals surface area contributed by atoms with E-state index in [0.717, 1.165) is 0 Å². The minimum Gasteiger partial charge on any atom is -0.466 e. The van der Waals surface area contributed by atoms with E-state index in [9.17, 15) is 19.7 Å². The third-order valence-corrected chi connectivity index (χ3v) is 3.71. The van der Waals surface area contributed by atoms with Crippen molar-refractivity contribution in [3.8, 4) is 0 Å². The van der Waals surface area contributed by atoms with E-state index in [4.69, 9.17) is 4.74 Å². The molecule has 0 aliphatic rings. The van der Waals surface area contributed by atoms with Gasteiger partial charge in [0, 0.05) is 18.8 Å². The van der Waals surface area contributed by atoms with E-state index in [2.05, 4.69) is 0 Å². The molecule has 0 spiro atoms. The quantitative estimate of drug-likeness (QED) is 0.351. The normalized spacial score (nSPS) is 10.5. The molecule has 0 saturated heterocycles. The predicted octanol–water partition coefficient (Wildman–Crippen LogP) is 2.58. The lowest BCUT2D eigenvalue weighted by atomic mass is 10.0. The molecular formula is C17H18N2O5. The first-order valence-corrected chi connectivity index (χ1v) is 7.45. The molecule has 0 atom stereocenters. The molecule has 0 fully saturated rings. The van der Waals surface area contributed by atoms with E-state index in [1.165, 1.54) is 18.2 Å². The zero-order valence-corrected chi connectivity index (χ0v) is 13.7. The molecule has 7 heteroatoms. The molecule has 1 heterocycles. The van der Waals surface area contributed by atoms with Crippen LogP contribution in [0, 0.1) is 17.0 Å². The van der Waals surface area contributed by atoms with Crippen molar-refractivity contribution in [1.82, 2.24) is 4.57 Å². The summed E-state index contributed by atoms with van der Waals surface area (Å²) in [5.74, 6) is -0.833. The molecule has 2 rings (SSSR count). The Hall–Kier alpha value is -2.96. The van der Waals surface area contributed by atoms with Gasteiger partial charge in [-0.05, 0) is 31.5 Å². The monoisotopic (exact) mass is 330 g/mol. The summed E-state index contributed by atoms with van der Waals surface area (Å²) in [5.41, 5.74) is 1.38. The number of carbonyl (C=O) groups is 2. The van der Waals surface area contributed by atoms with Gasteiger partial charge in [0.25, 0.3) is 5.69 Å². The van der Waals surface area contributed by atoms with E-state index in [1.54, 1.807) is 37.6 Å².